The first kappa shape index (κ1) is 29.7. The third-order valence-corrected chi connectivity index (χ3v) is 11.1. The molecule has 3 unspecified atom stereocenters. The lowest BCUT2D eigenvalue weighted by Crippen LogP contribution is -2.58. The SMILES string of the molecule is CCCC(C)NC(=O)C1N([C@@H](CO)[C@@H](C)CC)C(=O)[C@@H]2[C@@H](C(=O)Nc3ccc(OCC)cc3)[C@@]3(C)CCC12S3. The summed E-state index contributed by atoms with van der Waals surface area (Å²) in [5.74, 6) is -1.02. The van der Waals surface area contributed by atoms with E-state index in [0.717, 1.165) is 31.4 Å². The van der Waals surface area contributed by atoms with Gasteiger partial charge in [0.25, 0.3) is 0 Å². The van der Waals surface area contributed by atoms with Crippen LogP contribution in [0.2, 0.25) is 0 Å². The largest absolute Gasteiger partial charge is 0.494 e. The second-order valence-corrected chi connectivity index (χ2v) is 13.7. The number of rotatable bonds is 12. The van der Waals surface area contributed by atoms with E-state index in [4.69, 9.17) is 4.74 Å². The number of nitrogens with one attached hydrogen (secondary N) is 2. The molecule has 3 aliphatic heterocycles. The maximum absolute atomic E-state index is 14.4. The summed E-state index contributed by atoms with van der Waals surface area (Å²) in [4.78, 5) is 43.9. The van der Waals surface area contributed by atoms with Crippen LogP contribution in [0.15, 0.2) is 24.3 Å². The van der Waals surface area contributed by atoms with Gasteiger partial charge >= 0.3 is 0 Å². The van der Waals surface area contributed by atoms with Gasteiger partial charge in [-0.05, 0) is 70.2 Å². The highest BCUT2D eigenvalue weighted by molar-refractivity contribution is 8.02. The minimum absolute atomic E-state index is 0.00598. The van der Waals surface area contributed by atoms with Crippen LogP contribution in [0.5, 0.6) is 5.75 Å². The third kappa shape index (κ3) is 5.17. The summed E-state index contributed by atoms with van der Waals surface area (Å²) in [5.41, 5.74) is 0.645. The lowest BCUT2D eigenvalue weighted by molar-refractivity contribution is -0.143. The molecule has 0 aliphatic carbocycles. The second-order valence-electron chi connectivity index (χ2n) is 11.8. The van der Waals surface area contributed by atoms with E-state index in [1.54, 1.807) is 28.8 Å². The maximum atomic E-state index is 14.4. The topological polar surface area (TPSA) is 108 Å². The van der Waals surface area contributed by atoms with Gasteiger partial charge in [-0.15, -0.1) is 11.8 Å². The molecule has 0 radical (unpaired) electrons. The molecule has 3 aliphatic rings. The number of carbonyl (C=O) groups is 3. The summed E-state index contributed by atoms with van der Waals surface area (Å²) in [6.45, 7) is 12.4. The van der Waals surface area contributed by atoms with Crippen LogP contribution >= 0.6 is 11.8 Å². The number of benzene rings is 1. The lowest BCUT2D eigenvalue weighted by Gasteiger charge is -2.39. The minimum atomic E-state index is -0.726. The van der Waals surface area contributed by atoms with Crippen LogP contribution in [-0.2, 0) is 14.4 Å². The van der Waals surface area contributed by atoms with Crippen LogP contribution in [0.4, 0.5) is 5.69 Å². The molecule has 2 bridgehead atoms. The van der Waals surface area contributed by atoms with Gasteiger partial charge < -0.3 is 25.4 Å². The predicted molar refractivity (Wildman–Crippen MR) is 155 cm³/mol. The van der Waals surface area contributed by atoms with Crippen LogP contribution in [0.3, 0.4) is 0 Å². The number of amides is 3. The first-order chi connectivity index (χ1) is 18.6. The molecule has 8 nitrogen and oxygen atoms in total. The van der Waals surface area contributed by atoms with E-state index in [9.17, 15) is 19.5 Å². The molecule has 8 atom stereocenters. The van der Waals surface area contributed by atoms with Crippen molar-refractivity contribution in [2.75, 3.05) is 18.5 Å². The van der Waals surface area contributed by atoms with E-state index in [2.05, 4.69) is 24.5 Å². The number of hydrogen-bond acceptors (Lipinski definition) is 6. The smallest absolute Gasteiger partial charge is 0.244 e. The Kier molecular flexibility index (Phi) is 8.91. The van der Waals surface area contributed by atoms with Gasteiger partial charge in [-0.3, -0.25) is 14.4 Å². The summed E-state index contributed by atoms with van der Waals surface area (Å²) in [7, 11) is 0. The van der Waals surface area contributed by atoms with Crippen molar-refractivity contribution in [1.82, 2.24) is 10.2 Å². The zero-order valence-electron chi connectivity index (χ0n) is 24.2. The van der Waals surface area contributed by atoms with Crippen molar-refractivity contribution in [1.29, 1.82) is 0 Å². The zero-order chi connectivity index (χ0) is 28.5. The molecule has 1 aromatic carbocycles. The van der Waals surface area contributed by atoms with Crippen LogP contribution in [0.1, 0.15) is 73.6 Å². The summed E-state index contributed by atoms with van der Waals surface area (Å²) in [6, 6.07) is 6.01. The number of fused-ring (bicyclic) bond motifs is 1. The molecule has 1 spiro atoms. The van der Waals surface area contributed by atoms with E-state index in [-0.39, 0.29) is 36.3 Å². The normalized spacial score (nSPS) is 31.5. The van der Waals surface area contributed by atoms with E-state index >= 15 is 0 Å². The third-order valence-electron chi connectivity index (χ3n) is 9.13. The number of aliphatic hydroxyl groups excluding tert-OH is 1. The van der Waals surface area contributed by atoms with E-state index in [1.807, 2.05) is 39.8 Å². The number of thioether (sulfide) groups is 1. The van der Waals surface area contributed by atoms with Gasteiger partial charge in [-0.2, -0.15) is 0 Å². The molecular formula is C30H45N3O5S. The standard InChI is InChI=1S/C30H45N3O5S/c1-7-10-19(5)31-27(36)25-30-16-15-29(6,39-30)23(24(30)28(37)33(25)22(17-34)18(4)8-2)26(35)32-20-11-13-21(14-12-20)38-9-3/h11-14,18-19,22-25,34H,7-10,15-17H2,1-6H3,(H,31,36)(H,32,35)/t18-,19?,22-,23-,24-,25?,29+,30?/m0/s1. The number of likely N-dealkylation sites (tertiary alicyclic amines) is 1. The molecule has 0 aromatic heterocycles. The highest BCUT2D eigenvalue weighted by atomic mass is 32.2. The molecule has 3 fully saturated rings. The van der Waals surface area contributed by atoms with Crippen molar-refractivity contribution >= 4 is 35.2 Å². The summed E-state index contributed by atoms with van der Waals surface area (Å²) in [5, 5.41) is 16.7. The van der Waals surface area contributed by atoms with E-state index in [0.29, 0.717) is 18.7 Å². The molecule has 3 amide bonds. The molecule has 3 N–H and O–H groups in total. The van der Waals surface area contributed by atoms with Gasteiger partial charge in [0.05, 0.1) is 35.8 Å². The molecule has 216 valence electrons. The number of ether oxygens (including phenoxy) is 1. The molecule has 9 heteroatoms. The fraction of sp³-hybridized carbons (Fsp3) is 0.700. The second kappa shape index (κ2) is 11.7. The van der Waals surface area contributed by atoms with Gasteiger partial charge in [0.2, 0.25) is 17.7 Å². The number of hydrogen-bond donors (Lipinski definition) is 3. The van der Waals surface area contributed by atoms with Crippen LogP contribution in [0, 0.1) is 17.8 Å². The Hall–Kier alpha value is -2.26. The zero-order valence-corrected chi connectivity index (χ0v) is 25.0. The highest BCUT2D eigenvalue weighted by Crippen LogP contribution is 2.71. The van der Waals surface area contributed by atoms with Crippen LogP contribution in [0.25, 0.3) is 0 Å². The Morgan fingerprint density at radius 2 is 1.85 bits per heavy atom. The van der Waals surface area contributed by atoms with Gasteiger partial charge in [-0.25, -0.2) is 0 Å². The van der Waals surface area contributed by atoms with Gasteiger partial charge in [-0.1, -0.05) is 33.6 Å². The molecule has 3 saturated heterocycles. The summed E-state index contributed by atoms with van der Waals surface area (Å²) >= 11 is 1.65. The fourth-order valence-corrected chi connectivity index (χ4v) is 9.43. The number of anilines is 1. The molecule has 3 heterocycles. The number of aliphatic hydroxyl groups is 1. The average Bonchev–Trinajstić information content (AvgIpc) is 3.46. The quantitative estimate of drug-likeness (QED) is 0.354. The predicted octanol–water partition coefficient (Wildman–Crippen LogP) is 4.22. The summed E-state index contributed by atoms with van der Waals surface area (Å²) < 4.78 is 4.35. The van der Waals surface area contributed by atoms with Gasteiger partial charge in [0.1, 0.15) is 11.8 Å². The monoisotopic (exact) mass is 559 g/mol. The Morgan fingerprint density at radius 1 is 1.15 bits per heavy atom. The molecule has 1 aromatic rings. The molecule has 4 rings (SSSR count). The van der Waals surface area contributed by atoms with Crippen LogP contribution in [-0.4, -0.2) is 68.6 Å². The number of carbonyl (C=O) groups excluding carboxylic acids is 3. The van der Waals surface area contributed by atoms with E-state index in [1.165, 1.54) is 0 Å². The number of nitrogens with zero attached hydrogens (tertiary/aromatic N) is 1. The molecular weight excluding hydrogens is 514 g/mol. The first-order valence-electron chi connectivity index (χ1n) is 14.5. The van der Waals surface area contributed by atoms with Crippen LogP contribution < -0.4 is 15.4 Å². The highest BCUT2D eigenvalue weighted by Gasteiger charge is 2.77. The van der Waals surface area contributed by atoms with Crippen molar-refractivity contribution < 1.29 is 24.2 Å². The Labute approximate surface area is 237 Å². The van der Waals surface area contributed by atoms with Gasteiger partial charge in [0.15, 0.2) is 0 Å². The lowest BCUT2D eigenvalue weighted by atomic mass is 9.66. The minimum Gasteiger partial charge on any atom is -0.494 e. The Morgan fingerprint density at radius 3 is 2.44 bits per heavy atom. The van der Waals surface area contributed by atoms with Crippen molar-refractivity contribution in [2.24, 2.45) is 17.8 Å². The summed E-state index contributed by atoms with van der Waals surface area (Å²) in [6.07, 6.45) is 3.98. The van der Waals surface area contributed by atoms with Crippen molar-refractivity contribution in [3.05, 3.63) is 24.3 Å². The first-order valence-corrected chi connectivity index (χ1v) is 15.4. The van der Waals surface area contributed by atoms with Crippen molar-refractivity contribution in [2.45, 2.75) is 101 Å². The Bertz CT molecular complexity index is 1070. The van der Waals surface area contributed by atoms with Crippen molar-refractivity contribution in [3.8, 4) is 5.75 Å². The van der Waals surface area contributed by atoms with Gasteiger partial charge in [0, 0.05) is 16.5 Å². The van der Waals surface area contributed by atoms with Crippen molar-refractivity contribution in [3.63, 3.8) is 0 Å². The average molecular weight is 560 g/mol. The maximum Gasteiger partial charge on any atom is 0.244 e. The molecule has 39 heavy (non-hydrogen) atoms. The fourth-order valence-electron chi connectivity index (χ4n) is 7.08. The Balaban J connectivity index is 1.70. The van der Waals surface area contributed by atoms with E-state index < -0.39 is 33.4 Å². The molecule has 0 saturated carbocycles.